The van der Waals surface area contributed by atoms with Crippen LogP contribution in [0.5, 0.6) is 0 Å². The minimum atomic E-state index is -3.66. The zero-order valence-electron chi connectivity index (χ0n) is 16.5. The molecular weight excluding hydrogens is 330 g/mol. The predicted molar refractivity (Wildman–Crippen MR) is 106 cm³/mol. The molecular formula is C21H29NO2S. The van der Waals surface area contributed by atoms with Crippen LogP contribution in [0, 0.1) is 34.6 Å². The number of aryl methyl sites for hydroxylation is 4. The summed E-state index contributed by atoms with van der Waals surface area (Å²) in [5, 5.41) is 0. The second-order valence-electron chi connectivity index (χ2n) is 8.05. The van der Waals surface area contributed by atoms with Crippen LogP contribution < -0.4 is 4.72 Å². The summed E-state index contributed by atoms with van der Waals surface area (Å²) in [6, 6.07) is 7.88. The molecule has 0 fully saturated rings. The lowest BCUT2D eigenvalue weighted by molar-refractivity contribution is 0.583. The van der Waals surface area contributed by atoms with Crippen LogP contribution in [0.15, 0.2) is 29.2 Å². The highest BCUT2D eigenvalue weighted by Crippen LogP contribution is 2.31. The maximum atomic E-state index is 13.1. The molecule has 0 aliphatic rings. The molecule has 0 amide bonds. The van der Waals surface area contributed by atoms with Gasteiger partial charge in [0, 0.05) is 0 Å². The van der Waals surface area contributed by atoms with E-state index in [9.17, 15) is 8.42 Å². The lowest BCUT2D eigenvalue weighted by atomic mass is 9.85. The van der Waals surface area contributed by atoms with Crippen molar-refractivity contribution in [3.8, 4) is 0 Å². The molecule has 4 heteroatoms. The molecule has 0 atom stereocenters. The standard InChI is InChI=1S/C21H29NO2S/c1-13-9-15(3)20(16(4)10-13)22-25(23,24)19-12-18(21(6,7)8)11-14(2)17(19)5/h9-12,22H,1-8H3. The fourth-order valence-corrected chi connectivity index (χ4v) is 4.62. The first-order chi connectivity index (χ1) is 11.3. The van der Waals surface area contributed by atoms with Crippen LogP contribution in [-0.2, 0) is 15.4 Å². The van der Waals surface area contributed by atoms with Crippen molar-refractivity contribution >= 4 is 15.7 Å². The number of sulfonamides is 1. The average Bonchev–Trinajstić information content (AvgIpc) is 2.44. The van der Waals surface area contributed by atoms with Gasteiger partial charge in [0.05, 0.1) is 10.6 Å². The van der Waals surface area contributed by atoms with Crippen molar-refractivity contribution in [3.05, 3.63) is 57.6 Å². The van der Waals surface area contributed by atoms with Crippen molar-refractivity contribution in [2.24, 2.45) is 0 Å². The molecule has 25 heavy (non-hydrogen) atoms. The monoisotopic (exact) mass is 359 g/mol. The molecule has 0 radical (unpaired) electrons. The van der Waals surface area contributed by atoms with E-state index in [1.54, 1.807) is 0 Å². The lowest BCUT2D eigenvalue weighted by Gasteiger charge is -2.23. The third-order valence-electron chi connectivity index (χ3n) is 4.69. The van der Waals surface area contributed by atoms with E-state index in [1.807, 2.05) is 52.8 Å². The highest BCUT2D eigenvalue weighted by atomic mass is 32.2. The van der Waals surface area contributed by atoms with Crippen LogP contribution in [0.25, 0.3) is 0 Å². The second kappa shape index (κ2) is 6.49. The highest BCUT2D eigenvalue weighted by molar-refractivity contribution is 7.92. The molecule has 1 N–H and O–H groups in total. The summed E-state index contributed by atoms with van der Waals surface area (Å²) >= 11 is 0. The Labute approximate surface area is 152 Å². The van der Waals surface area contributed by atoms with E-state index in [4.69, 9.17) is 0 Å². The van der Waals surface area contributed by atoms with Gasteiger partial charge < -0.3 is 0 Å². The smallest absolute Gasteiger partial charge is 0.262 e. The molecule has 136 valence electrons. The number of benzene rings is 2. The first kappa shape index (κ1) is 19.5. The van der Waals surface area contributed by atoms with Gasteiger partial charge in [0.2, 0.25) is 0 Å². The molecule has 0 saturated heterocycles. The SMILES string of the molecule is Cc1cc(C)c(NS(=O)(=O)c2cc(C(C)(C)C)cc(C)c2C)c(C)c1. The number of anilines is 1. The fraction of sp³-hybridized carbons (Fsp3) is 0.429. The van der Waals surface area contributed by atoms with Gasteiger partial charge in [-0.15, -0.1) is 0 Å². The van der Waals surface area contributed by atoms with Gasteiger partial charge in [0.15, 0.2) is 0 Å². The minimum absolute atomic E-state index is 0.113. The van der Waals surface area contributed by atoms with E-state index < -0.39 is 10.0 Å². The number of nitrogens with one attached hydrogen (secondary N) is 1. The quantitative estimate of drug-likeness (QED) is 0.805. The summed E-state index contributed by atoms with van der Waals surface area (Å²) in [5.41, 5.74) is 6.35. The Morgan fingerprint density at radius 2 is 1.32 bits per heavy atom. The van der Waals surface area contributed by atoms with Gasteiger partial charge in [0.1, 0.15) is 0 Å². The number of hydrogen-bond acceptors (Lipinski definition) is 2. The Hall–Kier alpha value is -1.81. The topological polar surface area (TPSA) is 46.2 Å². The maximum absolute atomic E-state index is 13.1. The summed E-state index contributed by atoms with van der Waals surface area (Å²) in [6.45, 7) is 16.0. The van der Waals surface area contributed by atoms with Gasteiger partial charge in [-0.1, -0.05) is 44.5 Å². The second-order valence-corrected chi connectivity index (χ2v) is 9.70. The molecule has 0 unspecified atom stereocenters. The first-order valence-electron chi connectivity index (χ1n) is 8.55. The normalized spacial score (nSPS) is 12.3. The van der Waals surface area contributed by atoms with Crippen molar-refractivity contribution in [2.75, 3.05) is 4.72 Å². The summed E-state index contributed by atoms with van der Waals surface area (Å²) < 4.78 is 29.1. The number of rotatable bonds is 3. The van der Waals surface area contributed by atoms with E-state index in [-0.39, 0.29) is 5.41 Å². The van der Waals surface area contributed by atoms with Crippen LogP contribution in [0.4, 0.5) is 5.69 Å². The number of hydrogen-bond donors (Lipinski definition) is 1. The van der Waals surface area contributed by atoms with Crippen molar-refractivity contribution in [1.82, 2.24) is 0 Å². The van der Waals surface area contributed by atoms with E-state index in [2.05, 4.69) is 31.6 Å². The Balaban J connectivity index is 2.60. The highest BCUT2D eigenvalue weighted by Gasteiger charge is 2.24. The molecule has 2 aromatic rings. The Kier molecular flexibility index (Phi) is 5.06. The fourth-order valence-electron chi connectivity index (χ4n) is 3.07. The van der Waals surface area contributed by atoms with Crippen molar-refractivity contribution in [2.45, 2.75) is 65.7 Å². The summed E-state index contributed by atoms with van der Waals surface area (Å²) in [6.07, 6.45) is 0. The molecule has 0 spiro atoms. The van der Waals surface area contributed by atoms with Crippen molar-refractivity contribution < 1.29 is 8.42 Å². The van der Waals surface area contributed by atoms with Crippen LogP contribution in [0.1, 0.15) is 54.2 Å². The molecule has 0 bridgehead atoms. The molecule has 0 aliphatic heterocycles. The molecule has 0 heterocycles. The van der Waals surface area contributed by atoms with E-state index >= 15 is 0 Å². The molecule has 0 aliphatic carbocycles. The first-order valence-corrected chi connectivity index (χ1v) is 10.0. The zero-order valence-corrected chi connectivity index (χ0v) is 17.4. The molecule has 2 aromatic carbocycles. The summed E-state index contributed by atoms with van der Waals surface area (Å²) in [7, 11) is -3.66. The van der Waals surface area contributed by atoms with Crippen molar-refractivity contribution in [1.29, 1.82) is 0 Å². The maximum Gasteiger partial charge on any atom is 0.262 e. The Morgan fingerprint density at radius 3 is 1.80 bits per heavy atom. The molecule has 0 aromatic heterocycles. The summed E-state index contributed by atoms with van der Waals surface area (Å²) in [4.78, 5) is 0.358. The van der Waals surface area contributed by atoms with Crippen LogP contribution >= 0.6 is 0 Å². The Morgan fingerprint density at radius 1 is 0.800 bits per heavy atom. The summed E-state index contributed by atoms with van der Waals surface area (Å²) in [5.74, 6) is 0. The molecule has 0 saturated carbocycles. The van der Waals surface area contributed by atoms with Crippen molar-refractivity contribution in [3.63, 3.8) is 0 Å². The zero-order chi connectivity index (χ0) is 19.2. The predicted octanol–water partition coefficient (Wildman–Crippen LogP) is 5.33. The van der Waals surface area contributed by atoms with Crippen LogP contribution in [-0.4, -0.2) is 8.42 Å². The molecule has 2 rings (SSSR count). The van der Waals surface area contributed by atoms with Gasteiger partial charge in [0.25, 0.3) is 10.0 Å². The molecule has 3 nitrogen and oxygen atoms in total. The largest absolute Gasteiger partial charge is 0.279 e. The lowest BCUT2D eigenvalue weighted by Crippen LogP contribution is -2.19. The van der Waals surface area contributed by atoms with Gasteiger partial charge in [-0.2, -0.15) is 0 Å². The van der Waals surface area contributed by atoms with Gasteiger partial charge >= 0.3 is 0 Å². The minimum Gasteiger partial charge on any atom is -0.279 e. The third kappa shape index (κ3) is 4.06. The van der Waals surface area contributed by atoms with E-state index in [0.29, 0.717) is 10.6 Å². The van der Waals surface area contributed by atoms with Crippen LogP contribution in [0.3, 0.4) is 0 Å². The van der Waals surface area contributed by atoms with Gasteiger partial charge in [-0.05, 0) is 73.9 Å². The van der Waals surface area contributed by atoms with E-state index in [1.165, 1.54) is 0 Å². The van der Waals surface area contributed by atoms with E-state index in [0.717, 1.165) is 33.4 Å². The van der Waals surface area contributed by atoms with Gasteiger partial charge in [-0.3, -0.25) is 4.72 Å². The Bertz CT molecular complexity index is 897. The van der Waals surface area contributed by atoms with Crippen LogP contribution in [0.2, 0.25) is 0 Å². The third-order valence-corrected chi connectivity index (χ3v) is 6.16. The average molecular weight is 360 g/mol. The van der Waals surface area contributed by atoms with Gasteiger partial charge in [-0.25, -0.2) is 8.42 Å².